The smallest absolute Gasteiger partial charge is 0.416 e. The van der Waals surface area contributed by atoms with Gasteiger partial charge < -0.3 is 5.11 Å². The molecule has 0 bridgehead atoms. The highest BCUT2D eigenvalue weighted by molar-refractivity contribution is 6.51. The number of halogens is 4. The van der Waals surface area contributed by atoms with Crippen LogP contribution in [0.3, 0.4) is 0 Å². The summed E-state index contributed by atoms with van der Waals surface area (Å²) in [5, 5.41) is 11.3. The third kappa shape index (κ3) is 3.87. The number of benzene rings is 3. The van der Waals surface area contributed by atoms with E-state index in [-0.39, 0.29) is 11.3 Å². The molecule has 1 aliphatic heterocycles. The molecule has 0 unspecified atom stereocenters. The predicted octanol–water partition coefficient (Wildman–Crippen LogP) is 5.99. The van der Waals surface area contributed by atoms with Gasteiger partial charge in [0.15, 0.2) is 0 Å². The van der Waals surface area contributed by atoms with Crippen molar-refractivity contribution in [1.29, 1.82) is 0 Å². The Morgan fingerprint density at radius 2 is 1.56 bits per heavy atom. The first-order chi connectivity index (χ1) is 15.2. The van der Waals surface area contributed by atoms with Gasteiger partial charge in [-0.15, -0.1) is 0 Å². The van der Waals surface area contributed by atoms with Crippen molar-refractivity contribution in [3.63, 3.8) is 0 Å². The van der Waals surface area contributed by atoms with Crippen LogP contribution in [0.5, 0.6) is 0 Å². The second-order valence-corrected chi connectivity index (χ2v) is 7.57. The van der Waals surface area contributed by atoms with Crippen molar-refractivity contribution in [2.75, 3.05) is 4.90 Å². The number of ketones is 1. The molecule has 32 heavy (non-hydrogen) atoms. The number of hydrogen-bond acceptors (Lipinski definition) is 3. The first-order valence-corrected chi connectivity index (χ1v) is 9.85. The van der Waals surface area contributed by atoms with Crippen LogP contribution in [0.15, 0.2) is 84.4 Å². The monoisotopic (exact) mass is 457 g/mol. The highest BCUT2D eigenvalue weighted by Crippen LogP contribution is 2.43. The van der Waals surface area contributed by atoms with E-state index in [2.05, 4.69) is 0 Å². The minimum absolute atomic E-state index is 0.117. The molecule has 1 amide bonds. The molecule has 0 aromatic heterocycles. The Labute approximate surface area is 186 Å². The maximum Gasteiger partial charge on any atom is 0.416 e. The number of aliphatic hydroxyl groups excluding tert-OH is 1. The van der Waals surface area contributed by atoms with Crippen LogP contribution in [0.2, 0.25) is 5.02 Å². The summed E-state index contributed by atoms with van der Waals surface area (Å²) in [5.74, 6) is -2.45. The third-order valence-electron chi connectivity index (χ3n) is 5.13. The van der Waals surface area contributed by atoms with Crippen LogP contribution in [0.1, 0.15) is 22.7 Å². The molecule has 1 heterocycles. The molecule has 4 nitrogen and oxygen atoms in total. The van der Waals surface area contributed by atoms with E-state index in [1.54, 1.807) is 42.5 Å². The molecule has 1 saturated heterocycles. The Kier molecular flexibility index (Phi) is 5.52. The number of rotatable bonds is 3. The number of alkyl halides is 3. The molecule has 1 atom stereocenters. The number of anilines is 1. The van der Waals surface area contributed by atoms with Crippen molar-refractivity contribution in [1.82, 2.24) is 0 Å². The molecule has 0 spiro atoms. The van der Waals surface area contributed by atoms with Crippen LogP contribution in [0.25, 0.3) is 5.76 Å². The quantitative estimate of drug-likeness (QED) is 0.299. The lowest BCUT2D eigenvalue weighted by Crippen LogP contribution is -2.29. The third-order valence-corrected chi connectivity index (χ3v) is 5.38. The van der Waals surface area contributed by atoms with Gasteiger partial charge in [0.05, 0.1) is 17.2 Å². The summed E-state index contributed by atoms with van der Waals surface area (Å²) in [6.45, 7) is 0. The number of aliphatic hydroxyl groups is 1. The van der Waals surface area contributed by atoms with E-state index in [9.17, 15) is 27.9 Å². The van der Waals surface area contributed by atoms with Crippen LogP contribution in [-0.2, 0) is 15.8 Å². The zero-order chi connectivity index (χ0) is 23.0. The standard InChI is InChI=1S/C24H15ClF3NO3/c25-17-11-9-14(10-12-17)20-19(21(30)15-5-2-1-3-6-15)22(31)23(32)29(20)18-8-4-7-16(13-18)24(26,27)28/h1-13,20,30H/b21-19+/t20-/m1/s1. The van der Waals surface area contributed by atoms with E-state index in [0.29, 0.717) is 16.1 Å². The van der Waals surface area contributed by atoms with Crippen LogP contribution in [-0.4, -0.2) is 16.8 Å². The van der Waals surface area contributed by atoms with E-state index in [4.69, 9.17) is 11.6 Å². The second kappa shape index (κ2) is 8.16. The highest BCUT2D eigenvalue weighted by atomic mass is 35.5. The van der Waals surface area contributed by atoms with Gasteiger partial charge in [-0.3, -0.25) is 14.5 Å². The molecule has 4 rings (SSSR count). The SMILES string of the molecule is O=C1C(=O)N(c2cccc(C(F)(F)F)c2)[C@H](c2ccc(Cl)cc2)/C1=C(\O)c1ccccc1. The maximum atomic E-state index is 13.3. The first kappa shape index (κ1) is 21.6. The molecule has 3 aromatic carbocycles. The van der Waals surface area contributed by atoms with Crippen molar-refractivity contribution < 1.29 is 27.9 Å². The van der Waals surface area contributed by atoms with Crippen LogP contribution in [0.4, 0.5) is 18.9 Å². The van der Waals surface area contributed by atoms with Crippen LogP contribution in [0, 0.1) is 0 Å². The van der Waals surface area contributed by atoms with Gasteiger partial charge in [-0.05, 0) is 35.9 Å². The Morgan fingerprint density at radius 1 is 0.906 bits per heavy atom. The van der Waals surface area contributed by atoms with Gasteiger partial charge in [0.2, 0.25) is 0 Å². The summed E-state index contributed by atoms with van der Waals surface area (Å²) >= 11 is 5.96. The fourth-order valence-corrected chi connectivity index (χ4v) is 3.77. The van der Waals surface area contributed by atoms with Gasteiger partial charge in [0.1, 0.15) is 5.76 Å². The van der Waals surface area contributed by atoms with Gasteiger partial charge >= 0.3 is 6.18 Å². The summed E-state index contributed by atoms with van der Waals surface area (Å²) in [6.07, 6.45) is -4.64. The van der Waals surface area contributed by atoms with Crippen molar-refractivity contribution in [3.8, 4) is 0 Å². The van der Waals surface area contributed by atoms with Crippen molar-refractivity contribution in [3.05, 3.63) is 106 Å². The molecular weight excluding hydrogens is 443 g/mol. The van der Waals surface area contributed by atoms with Crippen molar-refractivity contribution in [2.24, 2.45) is 0 Å². The van der Waals surface area contributed by atoms with E-state index in [1.165, 1.54) is 18.2 Å². The summed E-state index contributed by atoms with van der Waals surface area (Å²) in [6, 6.07) is 17.3. The van der Waals surface area contributed by atoms with Gasteiger partial charge in [0.25, 0.3) is 11.7 Å². The van der Waals surface area contributed by atoms with Gasteiger partial charge in [0, 0.05) is 16.3 Å². The zero-order valence-electron chi connectivity index (χ0n) is 16.3. The Hall–Kier alpha value is -3.58. The van der Waals surface area contributed by atoms with E-state index < -0.39 is 35.2 Å². The topological polar surface area (TPSA) is 57.6 Å². The van der Waals surface area contributed by atoms with E-state index in [0.717, 1.165) is 23.1 Å². The molecule has 0 radical (unpaired) electrons. The predicted molar refractivity (Wildman–Crippen MR) is 114 cm³/mol. The molecular formula is C24H15ClF3NO3. The number of hydrogen-bond donors (Lipinski definition) is 1. The number of nitrogens with zero attached hydrogens (tertiary/aromatic N) is 1. The van der Waals surface area contributed by atoms with E-state index >= 15 is 0 Å². The number of carbonyl (C=O) groups is 2. The number of carbonyl (C=O) groups excluding carboxylic acids is 2. The second-order valence-electron chi connectivity index (χ2n) is 7.13. The summed E-state index contributed by atoms with van der Waals surface area (Å²) < 4.78 is 39.9. The molecule has 162 valence electrons. The highest BCUT2D eigenvalue weighted by Gasteiger charge is 2.47. The minimum Gasteiger partial charge on any atom is -0.507 e. The minimum atomic E-state index is -4.64. The fraction of sp³-hybridized carbons (Fsp3) is 0.0833. The molecule has 0 aliphatic carbocycles. The summed E-state index contributed by atoms with van der Waals surface area (Å²) in [7, 11) is 0. The number of Topliss-reactive ketones (excluding diaryl/α,β-unsaturated/α-hetero) is 1. The Morgan fingerprint density at radius 3 is 2.19 bits per heavy atom. The largest absolute Gasteiger partial charge is 0.507 e. The molecule has 0 saturated carbocycles. The van der Waals surface area contributed by atoms with Gasteiger partial charge in [-0.25, -0.2) is 0 Å². The molecule has 1 fully saturated rings. The van der Waals surface area contributed by atoms with Gasteiger partial charge in [-0.1, -0.05) is 60.1 Å². The summed E-state index contributed by atoms with van der Waals surface area (Å²) in [5.41, 5.74) is -0.596. The van der Waals surface area contributed by atoms with Gasteiger partial charge in [-0.2, -0.15) is 13.2 Å². The maximum absolute atomic E-state index is 13.3. The number of amides is 1. The Balaban J connectivity index is 1.94. The van der Waals surface area contributed by atoms with Crippen molar-refractivity contribution in [2.45, 2.75) is 12.2 Å². The normalized spacial score (nSPS) is 18.2. The lowest BCUT2D eigenvalue weighted by atomic mass is 9.95. The molecule has 3 aromatic rings. The van der Waals surface area contributed by atoms with Crippen LogP contribution >= 0.6 is 11.6 Å². The molecule has 1 aliphatic rings. The first-order valence-electron chi connectivity index (χ1n) is 9.47. The average Bonchev–Trinajstić information content (AvgIpc) is 3.04. The molecule has 8 heteroatoms. The van der Waals surface area contributed by atoms with Crippen molar-refractivity contribution >= 4 is 34.7 Å². The zero-order valence-corrected chi connectivity index (χ0v) is 17.1. The fourth-order valence-electron chi connectivity index (χ4n) is 3.64. The lowest BCUT2D eigenvalue weighted by Gasteiger charge is -2.26. The Bertz CT molecular complexity index is 1220. The average molecular weight is 458 g/mol. The van der Waals surface area contributed by atoms with Crippen LogP contribution < -0.4 is 4.90 Å². The summed E-state index contributed by atoms with van der Waals surface area (Å²) in [4.78, 5) is 26.9. The molecule has 1 N–H and O–H groups in total. The lowest BCUT2D eigenvalue weighted by molar-refractivity contribution is -0.137. The van der Waals surface area contributed by atoms with E-state index in [1.807, 2.05) is 0 Å².